The summed E-state index contributed by atoms with van der Waals surface area (Å²) in [5.74, 6) is 0.260. The van der Waals surface area contributed by atoms with Gasteiger partial charge in [0, 0.05) is 42.5 Å². The van der Waals surface area contributed by atoms with Gasteiger partial charge in [-0.25, -0.2) is 4.98 Å². The third-order valence-electron chi connectivity index (χ3n) is 4.24. The van der Waals surface area contributed by atoms with Gasteiger partial charge in [-0.1, -0.05) is 12.1 Å². The molecule has 2 heterocycles. The van der Waals surface area contributed by atoms with Crippen molar-refractivity contribution in [3.63, 3.8) is 0 Å². The van der Waals surface area contributed by atoms with Crippen molar-refractivity contribution in [2.75, 3.05) is 24.6 Å². The van der Waals surface area contributed by atoms with Crippen LogP contribution in [0.3, 0.4) is 0 Å². The second kappa shape index (κ2) is 5.88. The van der Waals surface area contributed by atoms with Gasteiger partial charge in [-0.15, -0.1) is 0 Å². The first kappa shape index (κ1) is 14.7. The molecule has 0 aliphatic carbocycles. The maximum absolute atomic E-state index is 11.2. The number of pyridine rings is 1. The van der Waals surface area contributed by atoms with Crippen molar-refractivity contribution in [2.45, 2.75) is 19.8 Å². The number of benzene rings is 1. The number of nitrogens with zero attached hydrogens (tertiary/aromatic N) is 3. The summed E-state index contributed by atoms with van der Waals surface area (Å²) in [6, 6.07) is 7.05. The molecule has 1 atom stereocenters. The van der Waals surface area contributed by atoms with E-state index in [9.17, 15) is 15.2 Å². The van der Waals surface area contributed by atoms with Crippen LogP contribution in [0.5, 0.6) is 0 Å². The highest BCUT2D eigenvalue weighted by Crippen LogP contribution is 2.34. The smallest absolute Gasteiger partial charge is 0.295 e. The lowest BCUT2D eigenvalue weighted by molar-refractivity contribution is -0.383. The molecule has 2 aromatic rings. The molecule has 116 valence electrons. The summed E-state index contributed by atoms with van der Waals surface area (Å²) in [6.07, 6.45) is 2.04. The van der Waals surface area contributed by atoms with E-state index >= 15 is 0 Å². The van der Waals surface area contributed by atoms with Crippen molar-refractivity contribution >= 4 is 22.3 Å². The minimum atomic E-state index is -0.384. The molecule has 0 amide bonds. The zero-order valence-corrected chi connectivity index (χ0v) is 12.5. The molecule has 1 unspecified atom stereocenters. The Labute approximate surface area is 128 Å². The molecule has 6 nitrogen and oxygen atoms in total. The predicted octanol–water partition coefficient (Wildman–Crippen LogP) is 2.66. The number of fused-ring (bicyclic) bond motifs is 1. The SMILES string of the molecule is Cc1cc(N2CCCC(CO)C2)c2cccc([N+](=O)[O-])c2n1. The molecular weight excluding hydrogens is 282 g/mol. The number of hydrogen-bond donors (Lipinski definition) is 1. The molecule has 3 rings (SSSR count). The number of aryl methyl sites for hydroxylation is 1. The summed E-state index contributed by atoms with van der Waals surface area (Å²) >= 11 is 0. The highest BCUT2D eigenvalue weighted by molar-refractivity contribution is 5.97. The van der Waals surface area contributed by atoms with Crippen LogP contribution < -0.4 is 4.90 Å². The van der Waals surface area contributed by atoms with Gasteiger partial charge in [0.05, 0.1) is 4.92 Å². The lowest BCUT2D eigenvalue weighted by Crippen LogP contribution is -2.37. The van der Waals surface area contributed by atoms with Gasteiger partial charge in [-0.2, -0.15) is 0 Å². The Balaban J connectivity index is 2.13. The Morgan fingerprint density at radius 2 is 2.32 bits per heavy atom. The molecular formula is C16H19N3O3. The van der Waals surface area contributed by atoms with Crippen molar-refractivity contribution < 1.29 is 10.0 Å². The fraction of sp³-hybridized carbons (Fsp3) is 0.438. The predicted molar refractivity (Wildman–Crippen MR) is 85.2 cm³/mol. The van der Waals surface area contributed by atoms with Crippen LogP contribution in [0, 0.1) is 23.0 Å². The fourth-order valence-electron chi connectivity index (χ4n) is 3.18. The van der Waals surface area contributed by atoms with Crippen molar-refractivity contribution in [2.24, 2.45) is 5.92 Å². The molecule has 1 saturated heterocycles. The molecule has 6 heteroatoms. The number of non-ortho nitro benzene ring substituents is 1. The molecule has 1 fully saturated rings. The Morgan fingerprint density at radius 1 is 1.50 bits per heavy atom. The number of aliphatic hydroxyl groups is 1. The highest BCUT2D eigenvalue weighted by Gasteiger charge is 2.23. The molecule has 22 heavy (non-hydrogen) atoms. The van der Waals surface area contributed by atoms with E-state index in [4.69, 9.17) is 0 Å². The molecule has 0 saturated carbocycles. The van der Waals surface area contributed by atoms with Gasteiger partial charge in [-0.3, -0.25) is 10.1 Å². The van der Waals surface area contributed by atoms with E-state index in [0.717, 1.165) is 42.7 Å². The number of anilines is 1. The number of nitro groups is 1. The number of para-hydroxylation sites is 1. The van der Waals surface area contributed by atoms with E-state index in [0.29, 0.717) is 5.52 Å². The van der Waals surface area contributed by atoms with Crippen molar-refractivity contribution in [3.05, 3.63) is 40.1 Å². The zero-order valence-electron chi connectivity index (χ0n) is 12.5. The average Bonchev–Trinajstić information content (AvgIpc) is 2.53. The minimum absolute atomic E-state index is 0.0400. The van der Waals surface area contributed by atoms with Crippen molar-refractivity contribution in [1.29, 1.82) is 0 Å². The average molecular weight is 301 g/mol. The summed E-state index contributed by atoms with van der Waals surface area (Å²) in [5.41, 5.74) is 2.22. The Morgan fingerprint density at radius 3 is 3.05 bits per heavy atom. The summed E-state index contributed by atoms with van der Waals surface area (Å²) in [5, 5.41) is 21.4. The number of rotatable bonds is 3. The van der Waals surface area contributed by atoms with E-state index in [1.165, 1.54) is 6.07 Å². The summed E-state index contributed by atoms with van der Waals surface area (Å²) in [7, 11) is 0. The number of aromatic nitrogens is 1. The summed E-state index contributed by atoms with van der Waals surface area (Å²) in [4.78, 5) is 17.4. The van der Waals surface area contributed by atoms with Crippen molar-refractivity contribution in [1.82, 2.24) is 4.98 Å². The first-order valence-electron chi connectivity index (χ1n) is 7.50. The number of piperidine rings is 1. The standard InChI is InChI=1S/C16H19N3O3/c1-11-8-15(18-7-3-4-12(9-18)10-20)13-5-2-6-14(19(21)22)16(13)17-11/h2,5-6,8,12,20H,3-4,7,9-10H2,1H3. The van der Waals surface area contributed by atoms with Crippen LogP contribution in [0.1, 0.15) is 18.5 Å². The molecule has 1 aliphatic heterocycles. The molecule has 1 N–H and O–H groups in total. The monoisotopic (exact) mass is 301 g/mol. The van der Waals surface area contributed by atoms with E-state index in [-0.39, 0.29) is 23.1 Å². The molecule has 1 aromatic carbocycles. The second-order valence-corrected chi connectivity index (χ2v) is 5.85. The molecule has 0 spiro atoms. The van der Waals surface area contributed by atoms with Crippen LogP contribution >= 0.6 is 0 Å². The van der Waals surface area contributed by atoms with Gasteiger partial charge in [0.25, 0.3) is 5.69 Å². The maximum atomic E-state index is 11.2. The number of hydrogen-bond acceptors (Lipinski definition) is 5. The highest BCUT2D eigenvalue weighted by atomic mass is 16.6. The number of nitro benzene ring substituents is 1. The van der Waals surface area contributed by atoms with Crippen LogP contribution in [-0.2, 0) is 0 Å². The van der Waals surface area contributed by atoms with Gasteiger partial charge in [-0.05, 0) is 31.7 Å². The summed E-state index contributed by atoms with van der Waals surface area (Å²) < 4.78 is 0. The van der Waals surface area contributed by atoms with Crippen LogP contribution in [0.2, 0.25) is 0 Å². The van der Waals surface area contributed by atoms with Gasteiger partial charge in [0.2, 0.25) is 0 Å². The van der Waals surface area contributed by atoms with E-state index in [1.54, 1.807) is 6.07 Å². The zero-order chi connectivity index (χ0) is 15.7. The molecule has 0 radical (unpaired) electrons. The first-order chi connectivity index (χ1) is 10.6. The third kappa shape index (κ3) is 2.62. The first-order valence-corrected chi connectivity index (χ1v) is 7.50. The van der Waals surface area contributed by atoms with Crippen LogP contribution in [0.4, 0.5) is 11.4 Å². The Bertz CT molecular complexity index is 717. The van der Waals surface area contributed by atoms with E-state index < -0.39 is 0 Å². The molecule has 0 bridgehead atoms. The second-order valence-electron chi connectivity index (χ2n) is 5.85. The van der Waals surface area contributed by atoms with Gasteiger partial charge in [0.15, 0.2) is 5.52 Å². The van der Waals surface area contributed by atoms with Gasteiger partial charge < -0.3 is 10.0 Å². The lowest BCUT2D eigenvalue weighted by atomic mass is 9.97. The maximum Gasteiger partial charge on any atom is 0.295 e. The molecule has 1 aromatic heterocycles. The Kier molecular flexibility index (Phi) is 3.94. The van der Waals surface area contributed by atoms with Gasteiger partial charge >= 0.3 is 0 Å². The minimum Gasteiger partial charge on any atom is -0.396 e. The number of aliphatic hydroxyl groups excluding tert-OH is 1. The fourth-order valence-corrected chi connectivity index (χ4v) is 3.18. The van der Waals surface area contributed by atoms with E-state index in [2.05, 4.69) is 9.88 Å². The molecule has 1 aliphatic rings. The lowest BCUT2D eigenvalue weighted by Gasteiger charge is -2.34. The van der Waals surface area contributed by atoms with Crippen molar-refractivity contribution in [3.8, 4) is 0 Å². The normalized spacial score (nSPS) is 18.6. The van der Waals surface area contributed by atoms with Crippen LogP contribution in [0.25, 0.3) is 10.9 Å². The third-order valence-corrected chi connectivity index (χ3v) is 4.24. The Hall–Kier alpha value is -2.21. The largest absolute Gasteiger partial charge is 0.396 e. The van der Waals surface area contributed by atoms with Crippen LogP contribution in [-0.4, -0.2) is 34.7 Å². The van der Waals surface area contributed by atoms with Crippen LogP contribution in [0.15, 0.2) is 24.3 Å². The quantitative estimate of drug-likeness (QED) is 0.696. The van der Waals surface area contributed by atoms with E-state index in [1.807, 2.05) is 19.1 Å². The summed E-state index contributed by atoms with van der Waals surface area (Å²) in [6.45, 7) is 3.71. The topological polar surface area (TPSA) is 79.5 Å². The van der Waals surface area contributed by atoms with Gasteiger partial charge in [0.1, 0.15) is 0 Å².